The Kier molecular flexibility index (Phi) is 6.03. The van der Waals surface area contributed by atoms with E-state index in [1.54, 1.807) is 6.34 Å². The Morgan fingerprint density at radius 1 is 1.40 bits per heavy atom. The van der Waals surface area contributed by atoms with E-state index in [0.717, 1.165) is 13.0 Å². The van der Waals surface area contributed by atoms with Crippen molar-refractivity contribution in [2.75, 3.05) is 6.54 Å². The van der Waals surface area contributed by atoms with E-state index >= 15 is 0 Å². The van der Waals surface area contributed by atoms with Gasteiger partial charge in [0.15, 0.2) is 0 Å². The molecule has 0 aromatic carbocycles. The first kappa shape index (κ1) is 9.34. The van der Waals surface area contributed by atoms with Crippen LogP contribution in [0.15, 0.2) is 9.98 Å². The molecule has 0 radical (unpaired) electrons. The molecule has 10 heavy (non-hydrogen) atoms. The number of aliphatic imine (C=N–C) groups is 2. The van der Waals surface area contributed by atoms with Gasteiger partial charge >= 0.3 is 0 Å². The average Bonchev–Trinajstić information content (AvgIpc) is 2.21. The number of nitrogens with zero attached hydrogens (tertiary/aromatic N) is 2. The Hall–Kier alpha value is -0.660. The third kappa shape index (κ3) is 4.24. The van der Waals surface area contributed by atoms with Crippen LogP contribution in [0.3, 0.4) is 0 Å². The highest BCUT2D eigenvalue weighted by Crippen LogP contribution is 2.00. The van der Waals surface area contributed by atoms with Gasteiger partial charge in [-0.15, -0.1) is 0 Å². The summed E-state index contributed by atoms with van der Waals surface area (Å²) in [5.41, 5.74) is 0. The number of hydrogen-bond donors (Lipinski definition) is 0. The Morgan fingerprint density at radius 3 is 2.80 bits per heavy atom. The first-order chi connectivity index (χ1) is 4.89. The third-order valence-electron chi connectivity index (χ3n) is 1.18. The molecule has 1 aliphatic heterocycles. The van der Waals surface area contributed by atoms with Gasteiger partial charge in [-0.25, -0.2) is 4.99 Å². The minimum absolute atomic E-state index is 0.678. The molecule has 0 fully saturated rings. The van der Waals surface area contributed by atoms with E-state index in [9.17, 15) is 0 Å². The van der Waals surface area contributed by atoms with Gasteiger partial charge in [0.25, 0.3) is 0 Å². The van der Waals surface area contributed by atoms with Crippen molar-refractivity contribution in [3.63, 3.8) is 0 Å². The lowest BCUT2D eigenvalue weighted by Crippen LogP contribution is -1.96. The summed E-state index contributed by atoms with van der Waals surface area (Å²) in [7, 11) is 0. The van der Waals surface area contributed by atoms with Crippen LogP contribution in [0.1, 0.15) is 27.2 Å². The van der Waals surface area contributed by atoms with Gasteiger partial charge in [-0.3, -0.25) is 4.99 Å². The van der Waals surface area contributed by atoms with Crippen LogP contribution >= 0.6 is 0 Å². The van der Waals surface area contributed by atoms with Crippen LogP contribution in [0.5, 0.6) is 0 Å². The van der Waals surface area contributed by atoms with E-state index < -0.39 is 0 Å². The summed E-state index contributed by atoms with van der Waals surface area (Å²) in [5.74, 6) is 0.678. The topological polar surface area (TPSA) is 24.7 Å². The summed E-state index contributed by atoms with van der Waals surface area (Å²) in [6.07, 6.45) is 4.62. The molecule has 0 aliphatic carbocycles. The molecule has 0 amide bonds. The maximum atomic E-state index is 4.03. The van der Waals surface area contributed by atoms with Crippen molar-refractivity contribution in [1.82, 2.24) is 0 Å². The first-order valence-corrected chi connectivity index (χ1v) is 3.89. The highest BCUT2D eigenvalue weighted by atomic mass is 14.9. The van der Waals surface area contributed by atoms with E-state index in [1.807, 2.05) is 20.1 Å². The Labute approximate surface area is 63.1 Å². The van der Waals surface area contributed by atoms with Gasteiger partial charge in [0.05, 0.1) is 0 Å². The summed E-state index contributed by atoms with van der Waals surface area (Å²) in [6.45, 7) is 7.11. The molecule has 0 aromatic heterocycles. The molecule has 1 heterocycles. The average molecular weight is 140 g/mol. The van der Waals surface area contributed by atoms with Gasteiger partial charge in [0.1, 0.15) is 6.34 Å². The van der Waals surface area contributed by atoms with Crippen LogP contribution in [-0.2, 0) is 0 Å². The summed E-state index contributed by atoms with van der Waals surface area (Å²) in [6, 6.07) is 0. The third-order valence-corrected chi connectivity index (χ3v) is 1.18. The van der Waals surface area contributed by atoms with Crippen LogP contribution in [0, 0.1) is 5.92 Å². The van der Waals surface area contributed by atoms with Crippen molar-refractivity contribution in [2.24, 2.45) is 15.9 Å². The molecule has 2 nitrogen and oxygen atoms in total. The SMILES string of the molecule is CC.CC1CC=NC=NC1. The van der Waals surface area contributed by atoms with Crippen molar-refractivity contribution in [3.8, 4) is 0 Å². The fraction of sp³-hybridized carbons (Fsp3) is 0.750. The highest BCUT2D eigenvalue weighted by Gasteiger charge is 1.97. The van der Waals surface area contributed by atoms with Crippen LogP contribution in [-0.4, -0.2) is 19.1 Å². The molecule has 1 rings (SSSR count). The minimum atomic E-state index is 0.678. The van der Waals surface area contributed by atoms with E-state index in [1.165, 1.54) is 0 Å². The maximum absolute atomic E-state index is 4.03. The molecule has 0 bridgehead atoms. The van der Waals surface area contributed by atoms with E-state index in [2.05, 4.69) is 16.9 Å². The van der Waals surface area contributed by atoms with Crippen molar-refractivity contribution >= 4 is 12.6 Å². The predicted octanol–water partition coefficient (Wildman–Crippen LogP) is 2.15. The molecule has 1 unspecified atom stereocenters. The summed E-state index contributed by atoms with van der Waals surface area (Å²) in [4.78, 5) is 7.93. The number of rotatable bonds is 0. The van der Waals surface area contributed by atoms with Crippen LogP contribution in [0.25, 0.3) is 0 Å². The van der Waals surface area contributed by atoms with E-state index in [4.69, 9.17) is 0 Å². The molecule has 1 aliphatic rings. The fourth-order valence-electron chi connectivity index (χ4n) is 0.637. The lowest BCUT2D eigenvalue weighted by molar-refractivity contribution is 0.634. The molecular formula is C8H16N2. The molecule has 0 aromatic rings. The molecule has 0 saturated carbocycles. The van der Waals surface area contributed by atoms with Gasteiger partial charge in [-0.1, -0.05) is 20.8 Å². The highest BCUT2D eigenvalue weighted by molar-refractivity contribution is 5.73. The molecule has 2 heteroatoms. The van der Waals surface area contributed by atoms with Gasteiger partial charge < -0.3 is 0 Å². The molecular weight excluding hydrogens is 124 g/mol. The van der Waals surface area contributed by atoms with Crippen molar-refractivity contribution in [2.45, 2.75) is 27.2 Å². The number of hydrogen-bond acceptors (Lipinski definition) is 2. The molecule has 58 valence electrons. The summed E-state index contributed by atoms with van der Waals surface area (Å²) < 4.78 is 0. The zero-order valence-corrected chi connectivity index (χ0v) is 7.04. The zero-order valence-electron chi connectivity index (χ0n) is 7.04. The minimum Gasteiger partial charge on any atom is -0.273 e. The van der Waals surface area contributed by atoms with Crippen LogP contribution in [0.4, 0.5) is 0 Å². The first-order valence-electron chi connectivity index (χ1n) is 3.89. The second kappa shape index (κ2) is 6.46. The van der Waals surface area contributed by atoms with E-state index in [-0.39, 0.29) is 0 Å². The molecule has 0 saturated heterocycles. The summed E-state index contributed by atoms with van der Waals surface area (Å²) in [5, 5.41) is 0. The second-order valence-electron chi connectivity index (χ2n) is 2.15. The van der Waals surface area contributed by atoms with Gasteiger partial charge in [-0.05, 0) is 12.3 Å². The smallest absolute Gasteiger partial charge is 0.109 e. The predicted molar refractivity (Wildman–Crippen MR) is 47.0 cm³/mol. The quantitative estimate of drug-likeness (QED) is 0.492. The molecule has 0 spiro atoms. The van der Waals surface area contributed by atoms with Crippen LogP contribution in [0.2, 0.25) is 0 Å². The van der Waals surface area contributed by atoms with Crippen molar-refractivity contribution in [1.29, 1.82) is 0 Å². The fourth-order valence-corrected chi connectivity index (χ4v) is 0.637. The summed E-state index contributed by atoms with van der Waals surface area (Å²) >= 11 is 0. The van der Waals surface area contributed by atoms with Gasteiger partial charge in [0.2, 0.25) is 0 Å². The Morgan fingerprint density at radius 2 is 2.10 bits per heavy atom. The lowest BCUT2D eigenvalue weighted by Gasteiger charge is -1.98. The second-order valence-corrected chi connectivity index (χ2v) is 2.15. The van der Waals surface area contributed by atoms with Crippen LogP contribution < -0.4 is 0 Å². The van der Waals surface area contributed by atoms with Gasteiger partial charge in [-0.2, -0.15) is 0 Å². The normalized spacial score (nSPS) is 22.9. The maximum Gasteiger partial charge on any atom is 0.109 e. The van der Waals surface area contributed by atoms with Gasteiger partial charge in [0, 0.05) is 12.8 Å². The lowest BCUT2D eigenvalue weighted by atomic mass is 10.1. The zero-order chi connectivity index (χ0) is 7.82. The van der Waals surface area contributed by atoms with Crippen molar-refractivity contribution < 1.29 is 0 Å². The monoisotopic (exact) mass is 140 g/mol. The molecule has 0 N–H and O–H groups in total. The largest absolute Gasteiger partial charge is 0.273 e. The molecule has 1 atom stereocenters. The Balaban J connectivity index is 0.000000371. The van der Waals surface area contributed by atoms with E-state index in [0.29, 0.717) is 5.92 Å². The standard InChI is InChI=1S/C6H10N2.C2H6/c1-6-2-3-7-5-8-4-6;1-2/h3,5-6H,2,4H2,1H3;1-2H3. The Bertz CT molecular complexity index is 102. The van der Waals surface area contributed by atoms with Crippen molar-refractivity contribution in [3.05, 3.63) is 0 Å².